The normalized spacial score (nSPS) is 10.8. The molecule has 0 fully saturated rings. The van der Waals surface area contributed by atoms with E-state index in [1.165, 1.54) is 16.5 Å². The highest BCUT2D eigenvalue weighted by atomic mass is 16.1. The first kappa shape index (κ1) is 12.7. The lowest BCUT2D eigenvalue weighted by Gasteiger charge is -2.06. The van der Waals surface area contributed by atoms with E-state index < -0.39 is 0 Å². The monoisotopic (exact) mass is 263 g/mol. The summed E-state index contributed by atoms with van der Waals surface area (Å²) in [6.45, 7) is 2.84. The summed E-state index contributed by atoms with van der Waals surface area (Å²) >= 11 is 0. The molecule has 20 heavy (non-hydrogen) atoms. The number of hydrogen-bond donors (Lipinski definition) is 0. The van der Waals surface area contributed by atoms with Crippen molar-refractivity contribution < 1.29 is 4.79 Å². The molecule has 0 saturated carbocycles. The van der Waals surface area contributed by atoms with Gasteiger partial charge in [0.2, 0.25) is 0 Å². The van der Waals surface area contributed by atoms with Crippen LogP contribution in [0.4, 0.5) is 0 Å². The van der Waals surface area contributed by atoms with E-state index in [1.807, 2.05) is 30.3 Å². The van der Waals surface area contributed by atoms with E-state index in [0.29, 0.717) is 6.42 Å². The highest BCUT2D eigenvalue weighted by Crippen LogP contribution is 2.20. The zero-order chi connectivity index (χ0) is 13.9. The third-order valence-electron chi connectivity index (χ3n) is 3.71. The van der Waals surface area contributed by atoms with E-state index in [-0.39, 0.29) is 5.78 Å². The Morgan fingerprint density at radius 1 is 1.00 bits per heavy atom. The van der Waals surface area contributed by atoms with Crippen LogP contribution in [-0.4, -0.2) is 10.4 Å². The van der Waals surface area contributed by atoms with Crippen molar-refractivity contribution in [3.8, 4) is 0 Å². The first-order chi connectivity index (χ1) is 9.75. The lowest BCUT2D eigenvalue weighted by Crippen LogP contribution is -2.05. The standard InChI is InChI=1S/C18H17NO/c1-14-6-5-9-17-16(14)10-12-19(17)13-11-18(20)15-7-3-2-4-8-15/h2-10,12H,11,13H2,1H3. The SMILES string of the molecule is Cc1cccc2c1ccn2CCC(=O)c1ccccc1. The van der Waals surface area contributed by atoms with Crippen molar-refractivity contribution in [3.63, 3.8) is 0 Å². The number of aryl methyl sites for hydroxylation is 2. The molecular weight excluding hydrogens is 246 g/mol. The van der Waals surface area contributed by atoms with Gasteiger partial charge in [0.05, 0.1) is 0 Å². The third-order valence-corrected chi connectivity index (χ3v) is 3.71. The number of nitrogens with zero attached hydrogens (tertiary/aromatic N) is 1. The molecule has 0 N–H and O–H groups in total. The minimum Gasteiger partial charge on any atom is -0.347 e. The van der Waals surface area contributed by atoms with Crippen LogP contribution in [0.1, 0.15) is 22.3 Å². The van der Waals surface area contributed by atoms with Crippen LogP contribution < -0.4 is 0 Å². The molecule has 0 aliphatic carbocycles. The molecular formula is C18H17NO. The van der Waals surface area contributed by atoms with Crippen LogP contribution in [0.5, 0.6) is 0 Å². The predicted octanol–water partition coefficient (Wildman–Crippen LogP) is 4.22. The van der Waals surface area contributed by atoms with Crippen molar-refractivity contribution in [1.82, 2.24) is 4.57 Å². The molecule has 2 heteroatoms. The molecule has 0 atom stereocenters. The zero-order valence-electron chi connectivity index (χ0n) is 11.5. The first-order valence-corrected chi connectivity index (χ1v) is 6.88. The fraction of sp³-hybridized carbons (Fsp3) is 0.167. The second-order valence-electron chi connectivity index (χ2n) is 5.06. The van der Waals surface area contributed by atoms with E-state index in [1.54, 1.807) is 0 Å². The average molecular weight is 263 g/mol. The summed E-state index contributed by atoms with van der Waals surface area (Å²) in [5.74, 6) is 0.195. The molecule has 3 rings (SSSR count). The minimum absolute atomic E-state index is 0.195. The maximum Gasteiger partial charge on any atom is 0.164 e. The second kappa shape index (κ2) is 5.33. The van der Waals surface area contributed by atoms with Crippen molar-refractivity contribution in [2.45, 2.75) is 19.9 Å². The Kier molecular flexibility index (Phi) is 3.38. The minimum atomic E-state index is 0.195. The summed E-state index contributed by atoms with van der Waals surface area (Å²) in [6, 6.07) is 17.9. The van der Waals surface area contributed by atoms with E-state index in [0.717, 1.165) is 12.1 Å². The number of Topliss-reactive ketones (excluding diaryl/α,β-unsaturated/α-hetero) is 1. The number of rotatable bonds is 4. The van der Waals surface area contributed by atoms with Crippen LogP contribution in [0.25, 0.3) is 10.9 Å². The fourth-order valence-corrected chi connectivity index (χ4v) is 2.56. The number of aromatic nitrogens is 1. The number of fused-ring (bicyclic) bond motifs is 1. The van der Waals surface area contributed by atoms with Gasteiger partial charge in [-0.15, -0.1) is 0 Å². The van der Waals surface area contributed by atoms with E-state index >= 15 is 0 Å². The van der Waals surface area contributed by atoms with Crippen LogP contribution in [0.15, 0.2) is 60.8 Å². The summed E-state index contributed by atoms with van der Waals surface area (Å²) < 4.78 is 2.16. The lowest BCUT2D eigenvalue weighted by molar-refractivity contribution is 0.0977. The van der Waals surface area contributed by atoms with Crippen LogP contribution in [-0.2, 0) is 6.54 Å². The van der Waals surface area contributed by atoms with Gasteiger partial charge in [-0.05, 0) is 24.6 Å². The highest BCUT2D eigenvalue weighted by Gasteiger charge is 2.07. The maximum atomic E-state index is 12.1. The van der Waals surface area contributed by atoms with Crippen molar-refractivity contribution in [1.29, 1.82) is 0 Å². The molecule has 3 aromatic rings. The Bertz CT molecular complexity index is 740. The van der Waals surface area contributed by atoms with Gasteiger partial charge in [-0.3, -0.25) is 4.79 Å². The summed E-state index contributed by atoms with van der Waals surface area (Å²) in [5.41, 5.74) is 3.27. The molecule has 100 valence electrons. The summed E-state index contributed by atoms with van der Waals surface area (Å²) in [7, 11) is 0. The molecule has 1 aromatic heterocycles. The van der Waals surface area contributed by atoms with E-state index in [4.69, 9.17) is 0 Å². The van der Waals surface area contributed by atoms with Gasteiger partial charge in [0, 0.05) is 35.6 Å². The van der Waals surface area contributed by atoms with Gasteiger partial charge < -0.3 is 4.57 Å². The fourth-order valence-electron chi connectivity index (χ4n) is 2.56. The predicted molar refractivity (Wildman–Crippen MR) is 82.1 cm³/mol. The first-order valence-electron chi connectivity index (χ1n) is 6.88. The Labute approximate surface area is 118 Å². The maximum absolute atomic E-state index is 12.1. The van der Waals surface area contributed by atoms with Crippen molar-refractivity contribution >= 4 is 16.7 Å². The van der Waals surface area contributed by atoms with Gasteiger partial charge in [-0.25, -0.2) is 0 Å². The number of hydrogen-bond acceptors (Lipinski definition) is 1. The Morgan fingerprint density at radius 3 is 2.60 bits per heavy atom. The molecule has 0 bridgehead atoms. The summed E-state index contributed by atoms with van der Waals surface area (Å²) in [5, 5.41) is 1.26. The largest absolute Gasteiger partial charge is 0.347 e. The molecule has 2 nitrogen and oxygen atoms in total. The van der Waals surface area contributed by atoms with Crippen LogP contribution in [0, 0.1) is 6.92 Å². The van der Waals surface area contributed by atoms with Crippen LogP contribution >= 0.6 is 0 Å². The van der Waals surface area contributed by atoms with Crippen molar-refractivity contribution in [2.24, 2.45) is 0 Å². The topological polar surface area (TPSA) is 22.0 Å². The van der Waals surface area contributed by atoms with Gasteiger partial charge in [0.25, 0.3) is 0 Å². The molecule has 0 unspecified atom stereocenters. The summed E-state index contributed by atoms with van der Waals surface area (Å²) in [6.07, 6.45) is 2.59. The average Bonchev–Trinajstić information content (AvgIpc) is 2.90. The number of benzene rings is 2. The smallest absolute Gasteiger partial charge is 0.164 e. The molecule has 0 spiro atoms. The highest BCUT2D eigenvalue weighted by molar-refractivity contribution is 5.96. The quantitative estimate of drug-likeness (QED) is 0.646. The molecule has 0 radical (unpaired) electrons. The third kappa shape index (κ3) is 2.37. The molecule has 0 saturated heterocycles. The van der Waals surface area contributed by atoms with Gasteiger partial charge in [0.1, 0.15) is 0 Å². The van der Waals surface area contributed by atoms with Gasteiger partial charge in [-0.2, -0.15) is 0 Å². The van der Waals surface area contributed by atoms with Crippen molar-refractivity contribution in [3.05, 3.63) is 71.9 Å². The van der Waals surface area contributed by atoms with E-state index in [2.05, 4.69) is 42.0 Å². The second-order valence-corrected chi connectivity index (χ2v) is 5.06. The van der Waals surface area contributed by atoms with Gasteiger partial charge >= 0.3 is 0 Å². The number of ketones is 1. The molecule has 1 heterocycles. The Balaban J connectivity index is 1.78. The van der Waals surface area contributed by atoms with E-state index in [9.17, 15) is 4.79 Å². The number of carbonyl (C=O) groups is 1. The molecule has 2 aromatic carbocycles. The molecule has 0 amide bonds. The zero-order valence-corrected chi connectivity index (χ0v) is 11.5. The van der Waals surface area contributed by atoms with Crippen molar-refractivity contribution in [2.75, 3.05) is 0 Å². The number of carbonyl (C=O) groups excluding carboxylic acids is 1. The Morgan fingerprint density at radius 2 is 1.80 bits per heavy atom. The molecule has 0 aliphatic heterocycles. The van der Waals surface area contributed by atoms with Gasteiger partial charge in [0.15, 0.2) is 5.78 Å². The molecule has 0 aliphatic rings. The summed E-state index contributed by atoms with van der Waals surface area (Å²) in [4.78, 5) is 12.1. The van der Waals surface area contributed by atoms with Gasteiger partial charge in [-0.1, -0.05) is 42.5 Å². The van der Waals surface area contributed by atoms with Crippen LogP contribution in [0.2, 0.25) is 0 Å². The lowest BCUT2D eigenvalue weighted by atomic mass is 10.1. The van der Waals surface area contributed by atoms with Crippen LogP contribution in [0.3, 0.4) is 0 Å². The Hall–Kier alpha value is -2.35.